The van der Waals surface area contributed by atoms with Gasteiger partial charge >= 0.3 is 0 Å². The lowest BCUT2D eigenvalue weighted by Gasteiger charge is -2.09. The van der Waals surface area contributed by atoms with Crippen molar-refractivity contribution in [1.82, 2.24) is 0 Å². The second-order valence-electron chi connectivity index (χ2n) is 3.99. The van der Waals surface area contributed by atoms with Crippen LogP contribution in [-0.2, 0) is 0 Å². The lowest BCUT2D eigenvalue weighted by Crippen LogP contribution is -2.01. The zero-order chi connectivity index (χ0) is 13.1. The molecule has 0 saturated carbocycles. The van der Waals surface area contributed by atoms with Crippen molar-refractivity contribution in [3.8, 4) is 0 Å². The minimum absolute atomic E-state index is 0.0488. The van der Waals surface area contributed by atoms with E-state index in [9.17, 15) is 4.79 Å². The number of rotatable bonds is 3. The first-order chi connectivity index (χ1) is 8.56. The van der Waals surface area contributed by atoms with Crippen LogP contribution in [0.15, 0.2) is 42.5 Å². The summed E-state index contributed by atoms with van der Waals surface area (Å²) < 4.78 is 0. The molecule has 2 aromatic rings. The smallest absolute Gasteiger partial charge is 0.161 e. The molecule has 0 amide bonds. The molecular formula is C14H13ClN2O. The third-order valence-corrected chi connectivity index (χ3v) is 2.82. The maximum atomic E-state index is 11.4. The molecule has 0 heterocycles. The van der Waals surface area contributed by atoms with Crippen LogP contribution >= 0.6 is 11.6 Å². The minimum Gasteiger partial charge on any atom is -0.398 e. The monoisotopic (exact) mass is 260 g/mol. The topological polar surface area (TPSA) is 55.1 Å². The molecule has 0 unspecified atom stereocenters. The van der Waals surface area contributed by atoms with Crippen LogP contribution in [0.4, 0.5) is 17.1 Å². The van der Waals surface area contributed by atoms with Gasteiger partial charge in [0.05, 0.1) is 0 Å². The van der Waals surface area contributed by atoms with Gasteiger partial charge in [-0.05, 0) is 49.4 Å². The Labute approximate surface area is 111 Å². The Hall–Kier alpha value is -2.00. The summed E-state index contributed by atoms with van der Waals surface area (Å²) in [6.45, 7) is 1.50. The minimum atomic E-state index is -0.0488. The molecule has 0 aliphatic rings. The Bertz CT molecular complexity index is 579. The maximum absolute atomic E-state index is 11.4. The summed E-state index contributed by atoms with van der Waals surface area (Å²) in [4.78, 5) is 11.4. The number of nitrogens with two attached hydrogens (primary N) is 1. The molecule has 3 N–H and O–H groups in total. The zero-order valence-electron chi connectivity index (χ0n) is 9.91. The molecule has 2 aromatic carbocycles. The molecule has 0 bridgehead atoms. The quantitative estimate of drug-likeness (QED) is 0.651. The van der Waals surface area contributed by atoms with Crippen molar-refractivity contribution >= 4 is 34.4 Å². The van der Waals surface area contributed by atoms with E-state index < -0.39 is 0 Å². The number of hydrogen-bond donors (Lipinski definition) is 2. The van der Waals surface area contributed by atoms with E-state index in [1.807, 2.05) is 18.2 Å². The van der Waals surface area contributed by atoms with Crippen molar-refractivity contribution in [2.45, 2.75) is 6.92 Å². The van der Waals surface area contributed by atoms with E-state index >= 15 is 0 Å². The first-order valence-corrected chi connectivity index (χ1v) is 5.87. The number of carbonyl (C=O) groups excluding carboxylic acids is 1. The van der Waals surface area contributed by atoms with Crippen LogP contribution in [-0.4, -0.2) is 5.78 Å². The number of nitrogen functional groups attached to an aromatic ring is 1. The normalized spacial score (nSPS) is 10.1. The first kappa shape index (κ1) is 12.5. The van der Waals surface area contributed by atoms with Gasteiger partial charge in [0.2, 0.25) is 0 Å². The van der Waals surface area contributed by atoms with Crippen LogP contribution in [0, 0.1) is 0 Å². The lowest BCUT2D eigenvalue weighted by molar-refractivity contribution is 0.101. The van der Waals surface area contributed by atoms with E-state index in [0.717, 1.165) is 11.4 Å². The SMILES string of the molecule is CC(=O)c1cc(Nc2ccc(Cl)cc2)ccc1N. The van der Waals surface area contributed by atoms with Crippen LogP contribution in [0.3, 0.4) is 0 Å². The molecule has 0 aromatic heterocycles. The summed E-state index contributed by atoms with van der Waals surface area (Å²) >= 11 is 5.81. The first-order valence-electron chi connectivity index (χ1n) is 5.49. The van der Waals surface area contributed by atoms with Gasteiger partial charge in [0.1, 0.15) is 0 Å². The highest BCUT2D eigenvalue weighted by Crippen LogP contribution is 2.23. The lowest BCUT2D eigenvalue weighted by atomic mass is 10.1. The van der Waals surface area contributed by atoms with Crippen LogP contribution < -0.4 is 11.1 Å². The molecule has 4 heteroatoms. The predicted molar refractivity (Wildman–Crippen MR) is 75.6 cm³/mol. The van der Waals surface area contributed by atoms with Crippen molar-refractivity contribution in [3.05, 3.63) is 53.1 Å². The van der Waals surface area contributed by atoms with Crippen molar-refractivity contribution in [1.29, 1.82) is 0 Å². The average molecular weight is 261 g/mol. The highest BCUT2D eigenvalue weighted by molar-refractivity contribution is 6.30. The summed E-state index contributed by atoms with van der Waals surface area (Å²) in [7, 11) is 0. The molecule has 0 saturated heterocycles. The van der Waals surface area contributed by atoms with Crippen molar-refractivity contribution in [2.75, 3.05) is 11.1 Å². The van der Waals surface area contributed by atoms with Crippen molar-refractivity contribution < 1.29 is 4.79 Å². The molecular weight excluding hydrogens is 248 g/mol. The Morgan fingerprint density at radius 3 is 2.33 bits per heavy atom. The molecule has 0 radical (unpaired) electrons. The molecule has 0 fully saturated rings. The van der Waals surface area contributed by atoms with E-state index in [2.05, 4.69) is 5.32 Å². The molecule has 0 aliphatic heterocycles. The molecule has 0 atom stereocenters. The van der Waals surface area contributed by atoms with Crippen LogP contribution in [0.1, 0.15) is 17.3 Å². The summed E-state index contributed by atoms with van der Waals surface area (Å²) in [5.41, 5.74) is 8.47. The van der Waals surface area contributed by atoms with E-state index in [-0.39, 0.29) is 5.78 Å². The average Bonchev–Trinajstić information content (AvgIpc) is 2.34. The number of nitrogens with one attached hydrogen (secondary N) is 1. The Balaban J connectivity index is 2.27. The van der Waals surface area contributed by atoms with Crippen molar-refractivity contribution in [3.63, 3.8) is 0 Å². The van der Waals surface area contributed by atoms with Gasteiger partial charge < -0.3 is 11.1 Å². The second kappa shape index (κ2) is 5.10. The highest BCUT2D eigenvalue weighted by atomic mass is 35.5. The van der Waals surface area contributed by atoms with Gasteiger partial charge in [-0.15, -0.1) is 0 Å². The Morgan fingerprint density at radius 1 is 1.11 bits per heavy atom. The molecule has 18 heavy (non-hydrogen) atoms. The van der Waals surface area contributed by atoms with Crippen molar-refractivity contribution in [2.24, 2.45) is 0 Å². The number of anilines is 3. The zero-order valence-corrected chi connectivity index (χ0v) is 10.7. The Morgan fingerprint density at radius 2 is 1.72 bits per heavy atom. The molecule has 2 rings (SSSR count). The predicted octanol–water partition coefficient (Wildman–Crippen LogP) is 3.87. The highest BCUT2D eigenvalue weighted by Gasteiger charge is 2.05. The summed E-state index contributed by atoms with van der Waals surface area (Å²) in [5.74, 6) is -0.0488. The van der Waals surface area contributed by atoms with Crippen LogP contribution in [0.2, 0.25) is 5.02 Å². The molecule has 3 nitrogen and oxygen atoms in total. The number of Topliss-reactive ketones (excluding diaryl/α,β-unsaturated/α-hetero) is 1. The second-order valence-corrected chi connectivity index (χ2v) is 4.43. The molecule has 0 spiro atoms. The molecule has 0 aliphatic carbocycles. The van der Waals surface area contributed by atoms with Gasteiger partial charge in [-0.2, -0.15) is 0 Å². The number of carbonyl (C=O) groups is 1. The number of halogens is 1. The summed E-state index contributed by atoms with van der Waals surface area (Å²) in [5, 5.41) is 3.87. The van der Waals surface area contributed by atoms with E-state index in [1.165, 1.54) is 6.92 Å². The maximum Gasteiger partial charge on any atom is 0.161 e. The van der Waals surface area contributed by atoms with Gasteiger partial charge in [0.15, 0.2) is 5.78 Å². The van der Waals surface area contributed by atoms with Gasteiger partial charge in [-0.25, -0.2) is 0 Å². The Kier molecular flexibility index (Phi) is 3.53. The van der Waals surface area contributed by atoms with Gasteiger partial charge in [0, 0.05) is 27.6 Å². The van der Waals surface area contributed by atoms with E-state index in [4.69, 9.17) is 17.3 Å². The largest absolute Gasteiger partial charge is 0.398 e. The van der Waals surface area contributed by atoms with Gasteiger partial charge in [0.25, 0.3) is 0 Å². The number of hydrogen-bond acceptors (Lipinski definition) is 3. The summed E-state index contributed by atoms with van der Waals surface area (Å²) in [6.07, 6.45) is 0. The fourth-order valence-corrected chi connectivity index (χ4v) is 1.76. The van der Waals surface area contributed by atoms with Crippen LogP contribution in [0.25, 0.3) is 0 Å². The van der Waals surface area contributed by atoms with Gasteiger partial charge in [-0.1, -0.05) is 11.6 Å². The van der Waals surface area contributed by atoms with Crippen LogP contribution in [0.5, 0.6) is 0 Å². The standard InChI is InChI=1S/C14H13ClN2O/c1-9(18)13-8-12(6-7-14(13)16)17-11-4-2-10(15)3-5-11/h2-8,17H,16H2,1H3. The van der Waals surface area contributed by atoms with E-state index in [1.54, 1.807) is 24.3 Å². The van der Waals surface area contributed by atoms with Gasteiger partial charge in [-0.3, -0.25) is 4.79 Å². The third-order valence-electron chi connectivity index (χ3n) is 2.57. The fourth-order valence-electron chi connectivity index (χ4n) is 1.64. The van der Waals surface area contributed by atoms with E-state index in [0.29, 0.717) is 16.3 Å². The third kappa shape index (κ3) is 2.81. The summed E-state index contributed by atoms with van der Waals surface area (Å²) in [6, 6.07) is 12.6. The number of ketones is 1. The molecule has 92 valence electrons. The number of benzene rings is 2. The fraction of sp³-hybridized carbons (Fsp3) is 0.0714.